The van der Waals surface area contributed by atoms with E-state index in [1.807, 2.05) is 177 Å². The molecule has 0 aliphatic carbocycles. The lowest BCUT2D eigenvalue weighted by molar-refractivity contribution is -0.153. The van der Waals surface area contributed by atoms with Crippen LogP contribution in [-0.4, -0.2) is 201 Å². The molecule has 16 heteroatoms. The highest BCUT2D eigenvalue weighted by Gasteiger charge is 2.41. The molecule has 96 heavy (non-hydrogen) atoms. The van der Waals surface area contributed by atoms with Gasteiger partial charge in [0.1, 0.15) is 26.4 Å². The standard InChI is InChI=1S/4C20H33NO3/c4*1-5-20(6-2,18-12-10-9-11-13-18)19(22)24-17-16-23-15-14-21(7-3)8-4/h4*9-13H,5-8,14-17H2,1-4H3. The Morgan fingerprint density at radius 3 is 0.531 bits per heavy atom. The highest BCUT2D eigenvalue weighted by molar-refractivity contribution is 5.85. The van der Waals surface area contributed by atoms with Crippen LogP contribution in [0.5, 0.6) is 0 Å². The molecule has 544 valence electrons. The van der Waals surface area contributed by atoms with Crippen molar-refractivity contribution in [2.45, 2.75) is 184 Å². The summed E-state index contributed by atoms with van der Waals surface area (Å²) in [6, 6.07) is 39.7. The maximum Gasteiger partial charge on any atom is 0.316 e. The predicted octanol–water partition coefficient (Wildman–Crippen LogP) is 14.6. The van der Waals surface area contributed by atoms with Crippen LogP contribution in [-0.2, 0) is 78.7 Å². The zero-order valence-corrected chi connectivity index (χ0v) is 62.9. The Labute approximate surface area is 583 Å². The molecule has 0 aliphatic rings. The molecule has 4 aromatic carbocycles. The van der Waals surface area contributed by atoms with Gasteiger partial charge in [-0.2, -0.15) is 0 Å². The van der Waals surface area contributed by atoms with Gasteiger partial charge in [-0.25, -0.2) is 0 Å². The van der Waals surface area contributed by atoms with Crippen LogP contribution < -0.4 is 0 Å². The number of ether oxygens (including phenoxy) is 8. The summed E-state index contributed by atoms with van der Waals surface area (Å²) in [6.07, 6.45) is 5.85. The van der Waals surface area contributed by atoms with Crippen molar-refractivity contribution in [3.05, 3.63) is 144 Å². The van der Waals surface area contributed by atoms with E-state index in [-0.39, 0.29) is 23.9 Å². The maximum atomic E-state index is 12.7. The average molecular weight is 1340 g/mol. The summed E-state index contributed by atoms with van der Waals surface area (Å²) in [6.45, 7) is 51.1. The fourth-order valence-electron chi connectivity index (χ4n) is 12.0. The number of hydrogen-bond donors (Lipinski definition) is 0. The molecule has 0 unspecified atom stereocenters. The van der Waals surface area contributed by atoms with E-state index in [1.54, 1.807) is 0 Å². The van der Waals surface area contributed by atoms with Crippen LogP contribution in [0.15, 0.2) is 121 Å². The van der Waals surface area contributed by atoms with Crippen LogP contribution in [0.4, 0.5) is 0 Å². The van der Waals surface area contributed by atoms with E-state index in [0.717, 1.165) is 152 Å². The first-order valence-electron chi connectivity index (χ1n) is 36.7. The Balaban J connectivity index is 0.000000640. The van der Waals surface area contributed by atoms with Gasteiger partial charge in [-0.05, 0) is 126 Å². The monoisotopic (exact) mass is 1340 g/mol. The molecular weight excluding hydrogens is 1210 g/mol. The normalized spacial score (nSPS) is 11.7. The topological polar surface area (TPSA) is 155 Å². The Bertz CT molecular complexity index is 2160. The van der Waals surface area contributed by atoms with Crippen LogP contribution in [0.3, 0.4) is 0 Å². The van der Waals surface area contributed by atoms with Crippen LogP contribution in [0.1, 0.15) is 184 Å². The fraction of sp³-hybridized carbons (Fsp3) is 0.650. The summed E-state index contributed by atoms with van der Waals surface area (Å²) >= 11 is 0. The minimum Gasteiger partial charge on any atom is -0.463 e. The highest BCUT2D eigenvalue weighted by atomic mass is 16.6. The van der Waals surface area contributed by atoms with Gasteiger partial charge in [0.05, 0.1) is 74.5 Å². The lowest BCUT2D eigenvalue weighted by Crippen LogP contribution is -2.37. The molecule has 0 amide bonds. The molecule has 0 saturated carbocycles. The number of carbonyl (C=O) groups excluding carboxylic acids is 4. The number of hydrogen-bond acceptors (Lipinski definition) is 16. The average Bonchev–Trinajstić information content (AvgIpc) is 0.866. The fourth-order valence-corrected chi connectivity index (χ4v) is 12.0. The first kappa shape index (κ1) is 88.5. The van der Waals surface area contributed by atoms with Crippen molar-refractivity contribution in [3.63, 3.8) is 0 Å². The third-order valence-corrected chi connectivity index (χ3v) is 19.3. The van der Waals surface area contributed by atoms with Crippen LogP contribution in [0.25, 0.3) is 0 Å². The molecule has 16 nitrogen and oxygen atoms in total. The molecule has 0 atom stereocenters. The van der Waals surface area contributed by atoms with Crippen molar-refractivity contribution in [2.75, 3.05) is 158 Å². The van der Waals surface area contributed by atoms with E-state index >= 15 is 0 Å². The van der Waals surface area contributed by atoms with Gasteiger partial charge >= 0.3 is 23.9 Å². The van der Waals surface area contributed by atoms with E-state index in [4.69, 9.17) is 37.9 Å². The predicted molar refractivity (Wildman–Crippen MR) is 393 cm³/mol. The lowest BCUT2D eigenvalue weighted by Gasteiger charge is -2.29. The quantitative estimate of drug-likeness (QED) is 0.0234. The largest absolute Gasteiger partial charge is 0.463 e. The van der Waals surface area contributed by atoms with Gasteiger partial charge in [0.15, 0.2) is 0 Å². The third-order valence-electron chi connectivity index (χ3n) is 19.3. The summed E-state index contributed by atoms with van der Waals surface area (Å²) in [5, 5.41) is 0. The number of nitrogens with zero attached hydrogens (tertiary/aromatic N) is 4. The Morgan fingerprint density at radius 1 is 0.240 bits per heavy atom. The molecule has 0 spiro atoms. The summed E-state index contributed by atoms with van der Waals surface area (Å²) in [5.41, 5.74) is 1.91. The molecule has 0 N–H and O–H groups in total. The molecule has 0 aromatic heterocycles. The summed E-state index contributed by atoms with van der Waals surface area (Å²) < 4.78 is 44.4. The zero-order valence-electron chi connectivity index (χ0n) is 62.9. The maximum absolute atomic E-state index is 12.7. The van der Waals surface area contributed by atoms with Crippen molar-refractivity contribution >= 4 is 23.9 Å². The minimum absolute atomic E-state index is 0.147. The van der Waals surface area contributed by atoms with Gasteiger partial charge in [-0.15, -0.1) is 0 Å². The minimum atomic E-state index is -0.553. The number of benzene rings is 4. The summed E-state index contributed by atoms with van der Waals surface area (Å²) in [7, 11) is 0. The molecule has 0 bridgehead atoms. The van der Waals surface area contributed by atoms with E-state index in [2.05, 4.69) is 75.0 Å². The molecule has 0 heterocycles. The van der Waals surface area contributed by atoms with Gasteiger partial charge < -0.3 is 57.5 Å². The van der Waals surface area contributed by atoms with E-state index in [1.165, 1.54) is 0 Å². The Hall–Kier alpha value is -5.56. The van der Waals surface area contributed by atoms with E-state index in [9.17, 15) is 19.2 Å². The summed E-state index contributed by atoms with van der Waals surface area (Å²) in [4.78, 5) is 59.9. The van der Waals surface area contributed by atoms with Crippen LogP contribution in [0.2, 0.25) is 0 Å². The molecule has 0 aliphatic heterocycles. The molecular formula is C80H132N4O12. The van der Waals surface area contributed by atoms with E-state index in [0.29, 0.717) is 79.3 Å². The van der Waals surface area contributed by atoms with Crippen molar-refractivity contribution < 1.29 is 57.1 Å². The second-order valence-electron chi connectivity index (χ2n) is 23.7. The zero-order chi connectivity index (χ0) is 71.4. The molecule has 0 saturated heterocycles. The third kappa shape index (κ3) is 29.9. The van der Waals surface area contributed by atoms with Gasteiger partial charge in [-0.1, -0.05) is 232 Å². The van der Waals surface area contributed by atoms with Crippen LogP contribution in [0, 0.1) is 0 Å². The second kappa shape index (κ2) is 53.4. The van der Waals surface area contributed by atoms with Gasteiger partial charge in [0.25, 0.3) is 0 Å². The lowest BCUT2D eigenvalue weighted by atomic mass is 9.76. The molecule has 4 rings (SSSR count). The SMILES string of the molecule is CCN(CC)CCOCCOC(=O)C(CC)(CC)c1ccccc1.CCN(CC)CCOCCOC(=O)C(CC)(CC)c1ccccc1.CCN(CC)CCOCCOC(=O)C(CC)(CC)c1ccccc1.CCN(CC)CCOCCOC(=O)C(CC)(CC)c1ccccc1. The van der Waals surface area contributed by atoms with Gasteiger partial charge in [0.2, 0.25) is 0 Å². The Kier molecular flexibility index (Phi) is 49.2. The summed E-state index contributed by atoms with van der Waals surface area (Å²) in [5.74, 6) is -0.589. The van der Waals surface area contributed by atoms with Gasteiger partial charge in [0, 0.05) is 26.2 Å². The second-order valence-corrected chi connectivity index (χ2v) is 23.7. The first-order chi connectivity index (χ1) is 46.6. The number of esters is 4. The van der Waals surface area contributed by atoms with Crippen molar-refractivity contribution in [1.29, 1.82) is 0 Å². The highest BCUT2D eigenvalue weighted by Crippen LogP contribution is 2.36. The first-order valence-corrected chi connectivity index (χ1v) is 36.7. The van der Waals surface area contributed by atoms with E-state index < -0.39 is 21.7 Å². The van der Waals surface area contributed by atoms with Crippen molar-refractivity contribution in [2.24, 2.45) is 0 Å². The van der Waals surface area contributed by atoms with Crippen LogP contribution >= 0.6 is 0 Å². The van der Waals surface area contributed by atoms with Crippen molar-refractivity contribution in [3.8, 4) is 0 Å². The van der Waals surface area contributed by atoms with Gasteiger partial charge in [-0.3, -0.25) is 19.2 Å². The Morgan fingerprint density at radius 2 is 0.396 bits per heavy atom. The molecule has 0 radical (unpaired) electrons. The smallest absolute Gasteiger partial charge is 0.316 e. The number of likely N-dealkylation sites (N-methyl/N-ethyl adjacent to an activating group) is 4. The number of carbonyl (C=O) groups is 4. The van der Waals surface area contributed by atoms with Crippen molar-refractivity contribution in [1.82, 2.24) is 19.6 Å². The molecule has 0 fully saturated rings. The molecule has 4 aromatic rings. The number of rotatable bonds is 48.